The van der Waals surface area contributed by atoms with Gasteiger partial charge in [-0.25, -0.2) is 0 Å². The lowest BCUT2D eigenvalue weighted by atomic mass is 9.99. The molecule has 2 fully saturated rings. The second-order valence-corrected chi connectivity index (χ2v) is 5.38. The van der Waals surface area contributed by atoms with Crippen molar-refractivity contribution in [1.29, 1.82) is 0 Å². The van der Waals surface area contributed by atoms with Crippen LogP contribution < -0.4 is 0 Å². The van der Waals surface area contributed by atoms with E-state index in [9.17, 15) is 4.79 Å². The third kappa shape index (κ3) is 2.51. The Bertz CT molecular complexity index is 397. The fourth-order valence-corrected chi connectivity index (χ4v) is 2.68. The fraction of sp³-hybridized carbons (Fsp3) is 0.533. The second-order valence-electron chi connectivity index (χ2n) is 5.38. The SMILES string of the molecule is O=C(CC1CC1)N1CCC(c2ccccc2)C1. The summed E-state index contributed by atoms with van der Waals surface area (Å²) in [6.45, 7) is 1.88. The van der Waals surface area contributed by atoms with Gasteiger partial charge in [0.1, 0.15) is 0 Å². The molecule has 3 rings (SSSR count). The van der Waals surface area contributed by atoms with Crippen LogP contribution in [-0.2, 0) is 4.79 Å². The van der Waals surface area contributed by atoms with Crippen LogP contribution in [0.15, 0.2) is 30.3 Å². The maximum Gasteiger partial charge on any atom is 0.222 e. The molecule has 0 bridgehead atoms. The van der Waals surface area contributed by atoms with Gasteiger partial charge < -0.3 is 4.90 Å². The summed E-state index contributed by atoms with van der Waals surface area (Å²) in [5, 5.41) is 0. The predicted octanol–water partition coefficient (Wildman–Crippen LogP) is 2.80. The number of hydrogen-bond acceptors (Lipinski definition) is 1. The summed E-state index contributed by atoms with van der Waals surface area (Å²) in [5.74, 6) is 1.64. The van der Waals surface area contributed by atoms with Crippen LogP contribution in [0, 0.1) is 5.92 Å². The molecule has 2 aliphatic rings. The van der Waals surface area contributed by atoms with Gasteiger partial charge >= 0.3 is 0 Å². The van der Waals surface area contributed by atoms with Crippen molar-refractivity contribution < 1.29 is 4.79 Å². The summed E-state index contributed by atoms with van der Waals surface area (Å²) in [4.78, 5) is 14.1. The molecule has 0 radical (unpaired) electrons. The van der Waals surface area contributed by atoms with Gasteiger partial charge in [0.05, 0.1) is 0 Å². The number of amides is 1. The highest BCUT2D eigenvalue weighted by molar-refractivity contribution is 5.77. The average molecular weight is 229 g/mol. The minimum atomic E-state index is 0.380. The lowest BCUT2D eigenvalue weighted by Gasteiger charge is -2.16. The predicted molar refractivity (Wildman–Crippen MR) is 67.7 cm³/mol. The van der Waals surface area contributed by atoms with Crippen LogP contribution in [0.1, 0.15) is 37.2 Å². The van der Waals surface area contributed by atoms with E-state index >= 15 is 0 Å². The first-order chi connectivity index (χ1) is 8.33. The largest absolute Gasteiger partial charge is 0.342 e. The van der Waals surface area contributed by atoms with Gasteiger partial charge in [-0.2, -0.15) is 0 Å². The van der Waals surface area contributed by atoms with Crippen LogP contribution in [0.3, 0.4) is 0 Å². The first-order valence-electron chi connectivity index (χ1n) is 6.65. The monoisotopic (exact) mass is 229 g/mol. The molecule has 2 nitrogen and oxygen atoms in total. The zero-order valence-electron chi connectivity index (χ0n) is 10.1. The molecule has 0 aromatic heterocycles. The van der Waals surface area contributed by atoms with E-state index in [4.69, 9.17) is 0 Å². The summed E-state index contributed by atoms with van der Waals surface area (Å²) in [5.41, 5.74) is 1.38. The molecule has 1 saturated carbocycles. The topological polar surface area (TPSA) is 20.3 Å². The summed E-state index contributed by atoms with van der Waals surface area (Å²) in [6.07, 6.45) is 4.45. The van der Waals surface area contributed by atoms with Crippen LogP contribution >= 0.6 is 0 Å². The van der Waals surface area contributed by atoms with Crippen molar-refractivity contribution >= 4 is 5.91 Å². The van der Waals surface area contributed by atoms with Crippen molar-refractivity contribution in [2.24, 2.45) is 5.92 Å². The Labute approximate surface area is 103 Å². The molecular weight excluding hydrogens is 210 g/mol. The van der Waals surface area contributed by atoms with Gasteiger partial charge in [-0.05, 0) is 30.7 Å². The Morgan fingerprint density at radius 2 is 1.94 bits per heavy atom. The second kappa shape index (κ2) is 4.52. The van der Waals surface area contributed by atoms with Gasteiger partial charge in [0.25, 0.3) is 0 Å². The van der Waals surface area contributed by atoms with Crippen LogP contribution in [0.4, 0.5) is 0 Å². The third-order valence-corrected chi connectivity index (χ3v) is 3.97. The molecule has 0 spiro atoms. The maximum absolute atomic E-state index is 12.0. The minimum absolute atomic E-state index is 0.380. The minimum Gasteiger partial charge on any atom is -0.342 e. The smallest absolute Gasteiger partial charge is 0.222 e. The highest BCUT2D eigenvalue weighted by Gasteiger charge is 2.31. The normalized spacial score (nSPS) is 24.0. The molecule has 1 aliphatic carbocycles. The van der Waals surface area contributed by atoms with E-state index in [1.807, 2.05) is 0 Å². The van der Waals surface area contributed by atoms with Crippen molar-refractivity contribution in [2.45, 2.75) is 31.6 Å². The Morgan fingerprint density at radius 1 is 1.18 bits per heavy atom. The van der Waals surface area contributed by atoms with E-state index in [2.05, 4.69) is 35.2 Å². The molecule has 0 N–H and O–H groups in total. The number of hydrogen-bond donors (Lipinski definition) is 0. The van der Waals surface area contributed by atoms with Crippen molar-refractivity contribution in [1.82, 2.24) is 4.90 Å². The Morgan fingerprint density at radius 3 is 2.65 bits per heavy atom. The number of carbonyl (C=O) groups excluding carboxylic acids is 1. The highest BCUT2D eigenvalue weighted by atomic mass is 16.2. The molecule has 1 unspecified atom stereocenters. The van der Waals surface area contributed by atoms with E-state index in [-0.39, 0.29) is 0 Å². The summed E-state index contributed by atoms with van der Waals surface area (Å²) < 4.78 is 0. The lowest BCUT2D eigenvalue weighted by Crippen LogP contribution is -2.28. The number of nitrogens with zero attached hydrogens (tertiary/aromatic N) is 1. The van der Waals surface area contributed by atoms with E-state index in [1.54, 1.807) is 0 Å². The summed E-state index contributed by atoms with van der Waals surface area (Å²) >= 11 is 0. The molecule has 1 aliphatic heterocycles. The average Bonchev–Trinajstić information content (AvgIpc) is 3.04. The van der Waals surface area contributed by atoms with Gasteiger partial charge in [-0.15, -0.1) is 0 Å². The van der Waals surface area contributed by atoms with Gasteiger partial charge in [-0.1, -0.05) is 30.3 Å². The zero-order chi connectivity index (χ0) is 11.7. The van der Waals surface area contributed by atoms with Crippen molar-refractivity contribution in [3.05, 3.63) is 35.9 Å². The van der Waals surface area contributed by atoms with E-state index < -0.39 is 0 Å². The lowest BCUT2D eigenvalue weighted by molar-refractivity contribution is -0.130. The molecule has 1 aromatic rings. The van der Waals surface area contributed by atoms with E-state index in [0.717, 1.165) is 25.9 Å². The molecular formula is C15H19NO. The standard InChI is InChI=1S/C15H19NO/c17-15(10-12-6-7-12)16-9-8-14(11-16)13-4-2-1-3-5-13/h1-5,12,14H,6-11H2. The molecule has 17 heavy (non-hydrogen) atoms. The molecule has 1 amide bonds. The number of benzene rings is 1. The van der Waals surface area contributed by atoms with E-state index in [0.29, 0.717) is 17.7 Å². The zero-order valence-corrected chi connectivity index (χ0v) is 10.1. The van der Waals surface area contributed by atoms with Crippen LogP contribution in [0.25, 0.3) is 0 Å². The first kappa shape index (κ1) is 10.8. The number of carbonyl (C=O) groups is 1. The third-order valence-electron chi connectivity index (χ3n) is 3.97. The number of likely N-dealkylation sites (tertiary alicyclic amines) is 1. The number of rotatable bonds is 3. The van der Waals surface area contributed by atoms with Crippen molar-refractivity contribution in [3.63, 3.8) is 0 Å². The molecule has 1 atom stereocenters. The van der Waals surface area contributed by atoms with E-state index in [1.165, 1.54) is 18.4 Å². The quantitative estimate of drug-likeness (QED) is 0.780. The van der Waals surface area contributed by atoms with Gasteiger partial charge in [0, 0.05) is 25.4 Å². The van der Waals surface area contributed by atoms with Crippen LogP contribution in [0.5, 0.6) is 0 Å². The maximum atomic E-state index is 12.0. The van der Waals surface area contributed by atoms with Gasteiger partial charge in [0.2, 0.25) is 5.91 Å². The van der Waals surface area contributed by atoms with Crippen molar-refractivity contribution in [2.75, 3.05) is 13.1 Å². The summed E-state index contributed by atoms with van der Waals surface area (Å²) in [6, 6.07) is 10.6. The molecule has 1 aromatic carbocycles. The fourth-order valence-electron chi connectivity index (χ4n) is 2.68. The molecule has 2 heteroatoms. The summed E-state index contributed by atoms with van der Waals surface area (Å²) in [7, 11) is 0. The molecule has 90 valence electrons. The van der Waals surface area contributed by atoms with Crippen LogP contribution in [0.2, 0.25) is 0 Å². The molecule has 1 saturated heterocycles. The van der Waals surface area contributed by atoms with Crippen molar-refractivity contribution in [3.8, 4) is 0 Å². The Balaban J connectivity index is 1.59. The van der Waals surface area contributed by atoms with Crippen LogP contribution in [-0.4, -0.2) is 23.9 Å². The molecule has 1 heterocycles. The first-order valence-corrected chi connectivity index (χ1v) is 6.65. The Kier molecular flexibility index (Phi) is 2.87. The highest BCUT2D eigenvalue weighted by Crippen LogP contribution is 2.34. The Hall–Kier alpha value is -1.31. The van der Waals surface area contributed by atoms with Gasteiger partial charge in [-0.3, -0.25) is 4.79 Å². The van der Waals surface area contributed by atoms with Gasteiger partial charge in [0.15, 0.2) is 0 Å².